The second-order valence-corrected chi connectivity index (χ2v) is 11.2. The van der Waals surface area contributed by atoms with Gasteiger partial charge in [-0.15, -0.1) is 0 Å². The third-order valence-electron chi connectivity index (χ3n) is 4.56. The molecule has 0 atom stereocenters. The lowest BCUT2D eigenvalue weighted by Gasteiger charge is -2.22. The maximum absolute atomic E-state index is 13.1. The third-order valence-corrected chi connectivity index (χ3v) is 9.19. The van der Waals surface area contributed by atoms with Gasteiger partial charge in [0, 0.05) is 44.4 Å². The SMILES string of the molecule is Cc1cc(S(=O)(=O)N2CCCN(S(=O)(=O)c3cnn(C)c3)CC2)c(Cl)cc1Cl. The van der Waals surface area contributed by atoms with E-state index in [0.717, 1.165) is 0 Å². The highest BCUT2D eigenvalue weighted by molar-refractivity contribution is 7.89. The highest BCUT2D eigenvalue weighted by atomic mass is 35.5. The van der Waals surface area contributed by atoms with Crippen LogP contribution in [0.15, 0.2) is 34.3 Å². The normalized spacial score (nSPS) is 17.6. The lowest BCUT2D eigenvalue weighted by atomic mass is 10.2. The van der Waals surface area contributed by atoms with E-state index in [9.17, 15) is 16.8 Å². The van der Waals surface area contributed by atoms with Crippen LogP contribution < -0.4 is 0 Å². The molecule has 1 saturated heterocycles. The first-order chi connectivity index (χ1) is 13.0. The van der Waals surface area contributed by atoms with E-state index >= 15 is 0 Å². The Bertz CT molecular complexity index is 1100. The zero-order valence-electron chi connectivity index (χ0n) is 15.3. The molecule has 0 saturated carbocycles. The number of halogens is 2. The van der Waals surface area contributed by atoms with Crippen molar-refractivity contribution < 1.29 is 16.8 Å². The van der Waals surface area contributed by atoms with Crippen molar-refractivity contribution in [2.75, 3.05) is 26.2 Å². The van der Waals surface area contributed by atoms with E-state index < -0.39 is 20.0 Å². The third kappa shape index (κ3) is 4.07. The number of sulfonamides is 2. The van der Waals surface area contributed by atoms with Gasteiger partial charge in [0.2, 0.25) is 20.0 Å². The number of hydrogen-bond donors (Lipinski definition) is 0. The van der Waals surface area contributed by atoms with E-state index in [-0.39, 0.29) is 41.0 Å². The average molecular weight is 467 g/mol. The van der Waals surface area contributed by atoms with Crippen molar-refractivity contribution in [2.24, 2.45) is 7.05 Å². The Hall–Kier alpha value is -1.17. The van der Waals surface area contributed by atoms with E-state index in [1.54, 1.807) is 14.0 Å². The minimum atomic E-state index is -3.88. The molecule has 2 heterocycles. The fraction of sp³-hybridized carbons (Fsp3) is 0.438. The number of rotatable bonds is 4. The molecule has 0 unspecified atom stereocenters. The second-order valence-electron chi connectivity index (χ2n) is 6.54. The minimum Gasteiger partial charge on any atom is -0.274 e. The molecule has 0 radical (unpaired) electrons. The van der Waals surface area contributed by atoms with Gasteiger partial charge in [0.05, 0.1) is 11.2 Å². The van der Waals surface area contributed by atoms with Crippen LogP contribution in [0.25, 0.3) is 0 Å². The molecule has 154 valence electrons. The van der Waals surface area contributed by atoms with Gasteiger partial charge >= 0.3 is 0 Å². The number of nitrogens with zero attached hydrogens (tertiary/aromatic N) is 4. The molecular formula is C16H20Cl2N4O4S2. The number of aryl methyl sites for hydroxylation is 2. The van der Waals surface area contributed by atoms with Crippen molar-refractivity contribution in [3.63, 3.8) is 0 Å². The van der Waals surface area contributed by atoms with Gasteiger partial charge in [-0.25, -0.2) is 16.8 Å². The van der Waals surface area contributed by atoms with Crippen molar-refractivity contribution in [2.45, 2.75) is 23.1 Å². The predicted molar refractivity (Wildman–Crippen MR) is 107 cm³/mol. The van der Waals surface area contributed by atoms with Gasteiger partial charge in [-0.1, -0.05) is 23.2 Å². The van der Waals surface area contributed by atoms with Crippen LogP contribution in [0.4, 0.5) is 0 Å². The van der Waals surface area contributed by atoms with Gasteiger partial charge in [0.15, 0.2) is 0 Å². The van der Waals surface area contributed by atoms with Crippen molar-refractivity contribution in [1.82, 2.24) is 18.4 Å². The molecule has 1 fully saturated rings. The summed E-state index contributed by atoms with van der Waals surface area (Å²) in [6.45, 7) is 2.18. The first-order valence-electron chi connectivity index (χ1n) is 8.48. The smallest absolute Gasteiger partial charge is 0.246 e. The van der Waals surface area contributed by atoms with Crippen LogP contribution in [-0.4, -0.2) is 61.4 Å². The largest absolute Gasteiger partial charge is 0.274 e. The summed E-state index contributed by atoms with van der Waals surface area (Å²) in [4.78, 5) is 0.0577. The molecule has 12 heteroatoms. The Morgan fingerprint density at radius 2 is 1.54 bits per heavy atom. The standard InChI is InChI=1S/C16H20Cl2N4O4S2/c1-12-8-16(15(18)9-14(12)17)28(25,26)22-5-3-4-21(6-7-22)27(23,24)13-10-19-20(2)11-13/h8-11H,3-7H2,1-2H3. The maximum Gasteiger partial charge on any atom is 0.246 e. The molecule has 28 heavy (non-hydrogen) atoms. The molecular weight excluding hydrogens is 447 g/mol. The molecule has 1 aliphatic rings. The van der Waals surface area contributed by atoms with Crippen LogP contribution in [0, 0.1) is 6.92 Å². The number of hydrogen-bond acceptors (Lipinski definition) is 5. The Balaban J connectivity index is 1.84. The molecule has 2 aromatic rings. The monoisotopic (exact) mass is 466 g/mol. The topological polar surface area (TPSA) is 92.6 Å². The number of aromatic nitrogens is 2. The molecule has 0 bridgehead atoms. The summed E-state index contributed by atoms with van der Waals surface area (Å²) >= 11 is 12.1. The summed E-state index contributed by atoms with van der Waals surface area (Å²) in [5.41, 5.74) is 0.597. The lowest BCUT2D eigenvalue weighted by Crippen LogP contribution is -2.37. The molecule has 0 amide bonds. The summed E-state index contributed by atoms with van der Waals surface area (Å²) < 4.78 is 55.7. The fourth-order valence-electron chi connectivity index (χ4n) is 3.00. The summed E-state index contributed by atoms with van der Waals surface area (Å²) in [5.74, 6) is 0. The van der Waals surface area contributed by atoms with Gasteiger partial charge in [0.1, 0.15) is 9.79 Å². The van der Waals surface area contributed by atoms with E-state index in [1.807, 2.05) is 0 Å². The fourth-order valence-corrected chi connectivity index (χ4v) is 6.73. The van der Waals surface area contributed by atoms with Crippen LogP contribution in [0.1, 0.15) is 12.0 Å². The van der Waals surface area contributed by atoms with Crippen LogP contribution in [0.2, 0.25) is 10.0 Å². The van der Waals surface area contributed by atoms with E-state index in [0.29, 0.717) is 17.0 Å². The molecule has 1 aliphatic heterocycles. The van der Waals surface area contributed by atoms with Crippen molar-refractivity contribution in [3.05, 3.63) is 40.1 Å². The Labute approximate surface area is 174 Å². The Kier molecular flexibility index (Phi) is 6.09. The van der Waals surface area contributed by atoms with E-state index in [4.69, 9.17) is 23.2 Å². The Morgan fingerprint density at radius 1 is 0.929 bits per heavy atom. The van der Waals surface area contributed by atoms with Crippen molar-refractivity contribution in [3.8, 4) is 0 Å². The first kappa shape index (κ1) is 21.5. The summed E-state index contributed by atoms with van der Waals surface area (Å²) in [5, 5.41) is 4.32. The lowest BCUT2D eigenvalue weighted by molar-refractivity contribution is 0.404. The molecule has 3 rings (SSSR count). The highest BCUT2D eigenvalue weighted by Crippen LogP contribution is 2.31. The van der Waals surface area contributed by atoms with Gasteiger partial charge in [-0.3, -0.25) is 4.68 Å². The molecule has 8 nitrogen and oxygen atoms in total. The van der Waals surface area contributed by atoms with E-state index in [1.165, 1.54) is 37.8 Å². The van der Waals surface area contributed by atoms with E-state index in [2.05, 4.69) is 5.10 Å². The first-order valence-corrected chi connectivity index (χ1v) is 12.1. The predicted octanol–water partition coefficient (Wildman–Crippen LogP) is 2.12. The highest BCUT2D eigenvalue weighted by Gasteiger charge is 2.33. The van der Waals surface area contributed by atoms with Gasteiger partial charge in [0.25, 0.3) is 0 Å². The van der Waals surface area contributed by atoms with Crippen molar-refractivity contribution in [1.29, 1.82) is 0 Å². The van der Waals surface area contributed by atoms with Crippen molar-refractivity contribution >= 4 is 43.2 Å². The van der Waals surface area contributed by atoms with Gasteiger partial charge in [-0.2, -0.15) is 13.7 Å². The quantitative estimate of drug-likeness (QED) is 0.687. The minimum absolute atomic E-state index is 0.0276. The second kappa shape index (κ2) is 7.92. The Morgan fingerprint density at radius 3 is 2.11 bits per heavy atom. The zero-order chi connectivity index (χ0) is 20.7. The summed E-state index contributed by atoms with van der Waals surface area (Å²) in [7, 11) is -5.98. The van der Waals surface area contributed by atoms with Crippen LogP contribution >= 0.6 is 23.2 Å². The van der Waals surface area contributed by atoms with Crippen LogP contribution in [-0.2, 0) is 27.1 Å². The molecule has 0 spiro atoms. The zero-order valence-corrected chi connectivity index (χ0v) is 18.5. The average Bonchev–Trinajstić information content (AvgIpc) is 2.90. The van der Waals surface area contributed by atoms with Gasteiger partial charge < -0.3 is 0 Å². The van der Waals surface area contributed by atoms with Crippen LogP contribution in [0.3, 0.4) is 0 Å². The number of benzene rings is 1. The molecule has 0 N–H and O–H groups in total. The molecule has 1 aromatic heterocycles. The van der Waals surface area contributed by atoms with Gasteiger partial charge in [-0.05, 0) is 31.0 Å². The maximum atomic E-state index is 13.1. The summed E-state index contributed by atoms with van der Waals surface area (Å²) in [6, 6.07) is 2.84. The van der Waals surface area contributed by atoms with Crippen LogP contribution in [0.5, 0.6) is 0 Å². The molecule has 1 aromatic carbocycles. The summed E-state index contributed by atoms with van der Waals surface area (Å²) in [6.07, 6.45) is 3.07. The molecule has 0 aliphatic carbocycles.